The van der Waals surface area contributed by atoms with Crippen LogP contribution in [0.5, 0.6) is 0 Å². The molecule has 2 rings (SSSR count). The fraction of sp³-hybridized carbons (Fsp3) is 0.600. The van der Waals surface area contributed by atoms with Crippen molar-refractivity contribution in [2.45, 2.75) is 50.1 Å². The van der Waals surface area contributed by atoms with E-state index < -0.39 is 11.7 Å². The predicted octanol–water partition coefficient (Wildman–Crippen LogP) is 5.44. The van der Waals surface area contributed by atoms with Crippen molar-refractivity contribution in [3.05, 3.63) is 35.4 Å². The Hall–Kier alpha value is -0.700. The summed E-state index contributed by atoms with van der Waals surface area (Å²) < 4.78 is 38.0. The van der Waals surface area contributed by atoms with Crippen molar-refractivity contribution in [2.75, 3.05) is 0 Å². The lowest BCUT2D eigenvalue weighted by molar-refractivity contribution is -0.137. The van der Waals surface area contributed by atoms with E-state index in [1.54, 1.807) is 6.07 Å². The Morgan fingerprint density at radius 1 is 1.11 bits per heavy atom. The van der Waals surface area contributed by atoms with Crippen LogP contribution in [0.1, 0.15) is 43.2 Å². The van der Waals surface area contributed by atoms with Crippen molar-refractivity contribution in [3.63, 3.8) is 0 Å². The van der Waals surface area contributed by atoms with Crippen LogP contribution in [-0.2, 0) is 12.6 Å². The summed E-state index contributed by atoms with van der Waals surface area (Å²) in [6, 6.07) is 5.63. The average molecular weight is 291 g/mol. The monoisotopic (exact) mass is 290 g/mol. The quantitative estimate of drug-likeness (QED) is 0.503. The first-order valence-electron chi connectivity index (χ1n) is 6.77. The van der Waals surface area contributed by atoms with Gasteiger partial charge in [0.25, 0.3) is 0 Å². The molecule has 1 aliphatic rings. The lowest BCUT2D eigenvalue weighted by Gasteiger charge is -2.20. The molecule has 1 saturated carbocycles. The third-order valence-corrected chi connectivity index (χ3v) is 4.39. The molecule has 0 nitrogen and oxygen atoms in total. The van der Waals surface area contributed by atoms with Crippen LogP contribution in [0.4, 0.5) is 13.2 Å². The zero-order valence-electron chi connectivity index (χ0n) is 10.7. The largest absolute Gasteiger partial charge is 0.416 e. The number of hydrogen-bond acceptors (Lipinski definition) is 0. The number of halogens is 4. The molecule has 2 unspecified atom stereocenters. The summed E-state index contributed by atoms with van der Waals surface area (Å²) in [5.41, 5.74) is 0.178. The van der Waals surface area contributed by atoms with Crippen LogP contribution in [0.2, 0.25) is 0 Å². The van der Waals surface area contributed by atoms with Crippen molar-refractivity contribution in [3.8, 4) is 0 Å². The SMILES string of the molecule is FC(F)(F)c1cccc(CC2CCCCCC2Cl)c1. The first-order valence-corrected chi connectivity index (χ1v) is 7.20. The van der Waals surface area contributed by atoms with Gasteiger partial charge in [0.1, 0.15) is 0 Å². The van der Waals surface area contributed by atoms with Gasteiger partial charge in [-0.1, -0.05) is 37.5 Å². The molecule has 0 aromatic heterocycles. The Balaban J connectivity index is 2.09. The molecule has 2 atom stereocenters. The molecule has 0 radical (unpaired) electrons. The van der Waals surface area contributed by atoms with Gasteiger partial charge in [0.2, 0.25) is 0 Å². The zero-order valence-corrected chi connectivity index (χ0v) is 11.5. The summed E-state index contributed by atoms with van der Waals surface area (Å²) in [6.07, 6.45) is 1.83. The van der Waals surface area contributed by atoms with Gasteiger partial charge in [0, 0.05) is 5.38 Å². The fourth-order valence-corrected chi connectivity index (χ4v) is 3.12. The van der Waals surface area contributed by atoms with Crippen molar-refractivity contribution < 1.29 is 13.2 Å². The van der Waals surface area contributed by atoms with Crippen LogP contribution in [0.25, 0.3) is 0 Å². The fourth-order valence-electron chi connectivity index (χ4n) is 2.75. The first-order chi connectivity index (χ1) is 8.97. The van der Waals surface area contributed by atoms with Crippen molar-refractivity contribution in [1.29, 1.82) is 0 Å². The van der Waals surface area contributed by atoms with Crippen LogP contribution in [-0.4, -0.2) is 5.38 Å². The van der Waals surface area contributed by atoms with E-state index in [0.29, 0.717) is 12.3 Å². The number of rotatable bonds is 2. The van der Waals surface area contributed by atoms with Crippen LogP contribution in [0, 0.1) is 5.92 Å². The van der Waals surface area contributed by atoms with E-state index in [0.717, 1.165) is 37.3 Å². The Labute approximate surface area is 117 Å². The van der Waals surface area contributed by atoms with E-state index in [2.05, 4.69) is 0 Å². The van der Waals surface area contributed by atoms with E-state index in [4.69, 9.17) is 11.6 Å². The maximum absolute atomic E-state index is 12.7. The van der Waals surface area contributed by atoms with Crippen molar-refractivity contribution in [2.24, 2.45) is 5.92 Å². The molecule has 1 fully saturated rings. The Morgan fingerprint density at radius 3 is 2.58 bits per heavy atom. The smallest absolute Gasteiger partial charge is 0.166 e. The maximum Gasteiger partial charge on any atom is 0.416 e. The molecule has 0 bridgehead atoms. The number of benzene rings is 1. The molecule has 0 amide bonds. The van der Waals surface area contributed by atoms with Gasteiger partial charge in [0.05, 0.1) is 5.56 Å². The lowest BCUT2D eigenvalue weighted by Crippen LogP contribution is -2.16. The van der Waals surface area contributed by atoms with Gasteiger partial charge in [-0.2, -0.15) is 13.2 Å². The average Bonchev–Trinajstić information content (AvgIpc) is 2.54. The Bertz CT molecular complexity index is 414. The Morgan fingerprint density at radius 2 is 1.84 bits per heavy atom. The van der Waals surface area contributed by atoms with Crippen LogP contribution < -0.4 is 0 Å². The second-order valence-corrected chi connectivity index (χ2v) is 5.88. The summed E-state index contributed by atoms with van der Waals surface area (Å²) in [4.78, 5) is 0. The number of alkyl halides is 4. The first kappa shape index (κ1) is 14.7. The van der Waals surface area contributed by atoms with E-state index in [-0.39, 0.29) is 5.38 Å². The molecule has 106 valence electrons. The molecule has 1 aliphatic carbocycles. The minimum atomic E-state index is -4.26. The second-order valence-electron chi connectivity index (χ2n) is 5.32. The highest BCUT2D eigenvalue weighted by Gasteiger charge is 2.30. The van der Waals surface area contributed by atoms with Gasteiger partial charge < -0.3 is 0 Å². The van der Waals surface area contributed by atoms with Crippen LogP contribution in [0.15, 0.2) is 24.3 Å². The van der Waals surface area contributed by atoms with Crippen molar-refractivity contribution in [1.82, 2.24) is 0 Å². The lowest BCUT2D eigenvalue weighted by atomic mass is 9.91. The minimum Gasteiger partial charge on any atom is -0.166 e. The Kier molecular flexibility index (Phi) is 4.77. The molecule has 1 aromatic rings. The summed E-state index contributed by atoms with van der Waals surface area (Å²) in [5, 5.41) is 0.0945. The summed E-state index contributed by atoms with van der Waals surface area (Å²) >= 11 is 6.34. The molecule has 4 heteroatoms. The predicted molar refractivity (Wildman–Crippen MR) is 71.4 cm³/mol. The third-order valence-electron chi connectivity index (χ3n) is 3.82. The molecule has 0 heterocycles. The standard InChI is InChI=1S/C15H18ClF3/c16-14-8-3-1-2-6-12(14)9-11-5-4-7-13(10-11)15(17,18)19/h4-5,7,10,12,14H,1-3,6,8-9H2. The second kappa shape index (κ2) is 6.17. The highest BCUT2D eigenvalue weighted by molar-refractivity contribution is 6.20. The molecule has 0 spiro atoms. The molecule has 0 N–H and O–H groups in total. The van der Waals surface area contributed by atoms with E-state index in [1.807, 2.05) is 0 Å². The van der Waals surface area contributed by atoms with E-state index >= 15 is 0 Å². The summed E-state index contributed by atoms with van der Waals surface area (Å²) in [7, 11) is 0. The number of hydrogen-bond donors (Lipinski definition) is 0. The van der Waals surface area contributed by atoms with Crippen molar-refractivity contribution >= 4 is 11.6 Å². The van der Waals surface area contributed by atoms with Gasteiger partial charge >= 0.3 is 6.18 Å². The molecule has 1 aromatic carbocycles. The van der Waals surface area contributed by atoms with Gasteiger partial charge in [-0.3, -0.25) is 0 Å². The summed E-state index contributed by atoms with van der Waals surface area (Å²) in [6.45, 7) is 0. The topological polar surface area (TPSA) is 0 Å². The summed E-state index contributed by atoms with van der Waals surface area (Å²) in [5.74, 6) is 0.299. The van der Waals surface area contributed by atoms with Gasteiger partial charge in [-0.15, -0.1) is 11.6 Å². The van der Waals surface area contributed by atoms with E-state index in [9.17, 15) is 13.2 Å². The van der Waals surface area contributed by atoms with Gasteiger partial charge in [-0.05, 0) is 36.8 Å². The van der Waals surface area contributed by atoms with Gasteiger partial charge in [-0.25, -0.2) is 0 Å². The molecule has 0 saturated heterocycles. The van der Waals surface area contributed by atoms with Gasteiger partial charge in [0.15, 0.2) is 0 Å². The van der Waals surface area contributed by atoms with E-state index in [1.165, 1.54) is 18.6 Å². The minimum absolute atomic E-state index is 0.0945. The van der Waals surface area contributed by atoms with Crippen LogP contribution >= 0.6 is 11.6 Å². The highest BCUT2D eigenvalue weighted by Crippen LogP contribution is 2.33. The zero-order chi connectivity index (χ0) is 13.9. The molecular formula is C15H18ClF3. The van der Waals surface area contributed by atoms with Crippen LogP contribution in [0.3, 0.4) is 0 Å². The molecule has 19 heavy (non-hydrogen) atoms. The maximum atomic E-state index is 12.7. The normalized spacial score (nSPS) is 25.1. The molecular weight excluding hydrogens is 273 g/mol. The molecule has 0 aliphatic heterocycles. The third kappa shape index (κ3) is 4.13. The highest BCUT2D eigenvalue weighted by atomic mass is 35.5.